The average molecular weight is 325 g/mol. The number of nitrogens with one attached hydrogen (secondary N) is 3. The van der Waals surface area contributed by atoms with E-state index in [-0.39, 0.29) is 11.8 Å². The molecule has 1 aliphatic rings. The van der Waals surface area contributed by atoms with Gasteiger partial charge in [-0.25, -0.2) is 0 Å². The van der Waals surface area contributed by atoms with Gasteiger partial charge < -0.3 is 16.0 Å². The summed E-state index contributed by atoms with van der Waals surface area (Å²) in [5.41, 5.74) is 1.66. The minimum Gasteiger partial charge on any atom is -0.355 e. The SMILES string of the molecule is CNC(=O)c1cc(Cl)cc(C)c1NC(=O)CN1CCNCC1. The van der Waals surface area contributed by atoms with Gasteiger partial charge in [0.15, 0.2) is 0 Å². The third-order valence-corrected chi connectivity index (χ3v) is 3.83. The van der Waals surface area contributed by atoms with Crippen LogP contribution < -0.4 is 16.0 Å². The highest BCUT2D eigenvalue weighted by atomic mass is 35.5. The number of carbonyl (C=O) groups excluding carboxylic acids is 2. The average Bonchev–Trinajstić information content (AvgIpc) is 2.50. The molecule has 0 aliphatic carbocycles. The highest BCUT2D eigenvalue weighted by Crippen LogP contribution is 2.25. The summed E-state index contributed by atoms with van der Waals surface area (Å²) in [6.07, 6.45) is 0. The molecule has 2 amide bonds. The standard InChI is InChI=1S/C15H21ClN4O2/c1-10-7-11(16)8-12(15(22)17-2)14(10)19-13(21)9-20-5-3-18-4-6-20/h7-8,18H,3-6,9H2,1-2H3,(H,17,22)(H,19,21). The van der Waals surface area contributed by atoms with Gasteiger partial charge in [0.2, 0.25) is 5.91 Å². The molecule has 1 saturated heterocycles. The molecule has 0 aromatic heterocycles. The van der Waals surface area contributed by atoms with Crippen molar-refractivity contribution in [3.05, 3.63) is 28.3 Å². The first-order valence-corrected chi connectivity index (χ1v) is 7.64. The number of aryl methyl sites for hydroxylation is 1. The first-order chi connectivity index (χ1) is 10.5. The van der Waals surface area contributed by atoms with Crippen LogP contribution in [-0.4, -0.2) is 56.5 Å². The second-order valence-electron chi connectivity index (χ2n) is 5.30. The van der Waals surface area contributed by atoms with Gasteiger partial charge in [0.25, 0.3) is 5.91 Å². The zero-order chi connectivity index (χ0) is 16.1. The number of nitrogens with zero attached hydrogens (tertiary/aromatic N) is 1. The van der Waals surface area contributed by atoms with Crippen LogP contribution in [0.5, 0.6) is 0 Å². The predicted molar refractivity (Wildman–Crippen MR) is 87.5 cm³/mol. The summed E-state index contributed by atoms with van der Waals surface area (Å²) in [5, 5.41) is 9.12. The predicted octanol–water partition coefficient (Wildman–Crippen LogP) is 0.852. The lowest BCUT2D eigenvalue weighted by Crippen LogP contribution is -2.46. The van der Waals surface area contributed by atoms with Gasteiger partial charge in [-0.3, -0.25) is 14.5 Å². The molecule has 0 atom stereocenters. The van der Waals surface area contributed by atoms with E-state index in [9.17, 15) is 9.59 Å². The molecule has 3 N–H and O–H groups in total. The Morgan fingerprint density at radius 1 is 1.32 bits per heavy atom. The highest BCUT2D eigenvalue weighted by Gasteiger charge is 2.18. The number of piperazine rings is 1. The number of amides is 2. The molecular weight excluding hydrogens is 304 g/mol. The summed E-state index contributed by atoms with van der Waals surface area (Å²) in [4.78, 5) is 26.3. The number of anilines is 1. The molecule has 22 heavy (non-hydrogen) atoms. The maximum absolute atomic E-state index is 12.2. The lowest BCUT2D eigenvalue weighted by Gasteiger charge is -2.26. The van der Waals surface area contributed by atoms with Crippen LogP contribution in [0.2, 0.25) is 5.02 Å². The molecule has 1 aromatic carbocycles. The van der Waals surface area contributed by atoms with Crippen LogP contribution in [0.25, 0.3) is 0 Å². The van der Waals surface area contributed by atoms with Gasteiger partial charge in [-0.1, -0.05) is 11.6 Å². The number of hydrogen-bond acceptors (Lipinski definition) is 4. The minimum absolute atomic E-state index is 0.127. The molecule has 0 bridgehead atoms. The first-order valence-electron chi connectivity index (χ1n) is 7.26. The Balaban J connectivity index is 2.13. The van der Waals surface area contributed by atoms with Crippen LogP contribution in [0.1, 0.15) is 15.9 Å². The highest BCUT2D eigenvalue weighted by molar-refractivity contribution is 6.31. The Labute approximate surface area is 135 Å². The van der Waals surface area contributed by atoms with Crippen molar-refractivity contribution in [3.63, 3.8) is 0 Å². The summed E-state index contributed by atoms with van der Waals surface area (Å²) < 4.78 is 0. The molecule has 0 radical (unpaired) electrons. The zero-order valence-electron chi connectivity index (χ0n) is 12.8. The molecule has 0 spiro atoms. The van der Waals surface area contributed by atoms with Crippen molar-refractivity contribution in [2.45, 2.75) is 6.92 Å². The number of carbonyl (C=O) groups is 2. The van der Waals surface area contributed by atoms with E-state index >= 15 is 0 Å². The number of hydrogen-bond donors (Lipinski definition) is 3. The third kappa shape index (κ3) is 4.19. The van der Waals surface area contributed by atoms with Gasteiger partial charge in [-0.05, 0) is 24.6 Å². The van der Waals surface area contributed by atoms with Gasteiger partial charge in [0, 0.05) is 38.2 Å². The molecule has 7 heteroatoms. The van der Waals surface area contributed by atoms with Crippen molar-refractivity contribution in [1.29, 1.82) is 0 Å². The van der Waals surface area contributed by atoms with Crippen molar-refractivity contribution in [3.8, 4) is 0 Å². The van der Waals surface area contributed by atoms with Crippen molar-refractivity contribution >= 4 is 29.1 Å². The summed E-state index contributed by atoms with van der Waals surface area (Å²) in [5.74, 6) is -0.402. The van der Waals surface area contributed by atoms with E-state index in [0.29, 0.717) is 22.8 Å². The van der Waals surface area contributed by atoms with E-state index in [0.717, 1.165) is 31.7 Å². The monoisotopic (exact) mass is 324 g/mol. The van der Waals surface area contributed by atoms with Crippen molar-refractivity contribution in [2.24, 2.45) is 0 Å². The van der Waals surface area contributed by atoms with Crippen molar-refractivity contribution in [1.82, 2.24) is 15.5 Å². The van der Waals surface area contributed by atoms with Crippen molar-refractivity contribution < 1.29 is 9.59 Å². The number of benzene rings is 1. The molecular formula is C15H21ClN4O2. The second kappa shape index (κ2) is 7.58. The lowest BCUT2D eigenvalue weighted by molar-refractivity contribution is -0.117. The van der Waals surface area contributed by atoms with E-state index in [2.05, 4.69) is 20.9 Å². The Hall–Kier alpha value is -1.63. The normalized spacial score (nSPS) is 15.4. The van der Waals surface area contributed by atoms with Crippen LogP contribution in [0.15, 0.2) is 12.1 Å². The number of halogens is 1. The first kappa shape index (κ1) is 16.7. The van der Waals surface area contributed by atoms with E-state index in [4.69, 9.17) is 11.6 Å². The summed E-state index contributed by atoms with van der Waals surface area (Å²) in [6.45, 7) is 5.59. The van der Waals surface area contributed by atoms with E-state index in [1.807, 2.05) is 6.92 Å². The zero-order valence-corrected chi connectivity index (χ0v) is 13.6. The van der Waals surface area contributed by atoms with Crippen LogP contribution in [0.4, 0.5) is 5.69 Å². The molecule has 0 unspecified atom stereocenters. The summed E-state index contributed by atoms with van der Waals surface area (Å²) in [7, 11) is 1.55. The van der Waals surface area contributed by atoms with Gasteiger partial charge in [-0.2, -0.15) is 0 Å². The van der Waals surface area contributed by atoms with E-state index < -0.39 is 0 Å². The van der Waals surface area contributed by atoms with Crippen LogP contribution in [-0.2, 0) is 4.79 Å². The van der Waals surface area contributed by atoms with Crippen LogP contribution >= 0.6 is 11.6 Å². The maximum Gasteiger partial charge on any atom is 0.253 e. The fourth-order valence-electron chi connectivity index (χ4n) is 2.47. The molecule has 6 nitrogen and oxygen atoms in total. The second-order valence-corrected chi connectivity index (χ2v) is 5.74. The largest absolute Gasteiger partial charge is 0.355 e. The van der Waals surface area contributed by atoms with Crippen molar-refractivity contribution in [2.75, 3.05) is 45.1 Å². The number of rotatable bonds is 4. The Morgan fingerprint density at radius 3 is 2.64 bits per heavy atom. The fraction of sp³-hybridized carbons (Fsp3) is 0.467. The Kier molecular flexibility index (Phi) is 5.76. The van der Waals surface area contributed by atoms with Gasteiger partial charge >= 0.3 is 0 Å². The lowest BCUT2D eigenvalue weighted by atomic mass is 10.1. The summed E-state index contributed by atoms with van der Waals surface area (Å²) >= 11 is 6.01. The quantitative estimate of drug-likeness (QED) is 0.768. The van der Waals surface area contributed by atoms with Gasteiger partial charge in [0.1, 0.15) is 0 Å². The van der Waals surface area contributed by atoms with Crippen LogP contribution in [0.3, 0.4) is 0 Å². The van der Waals surface area contributed by atoms with E-state index in [1.54, 1.807) is 19.2 Å². The van der Waals surface area contributed by atoms with E-state index in [1.165, 1.54) is 0 Å². The molecule has 120 valence electrons. The molecule has 1 aliphatic heterocycles. The topological polar surface area (TPSA) is 73.5 Å². The Morgan fingerprint density at radius 2 is 2.00 bits per heavy atom. The summed E-state index contributed by atoms with van der Waals surface area (Å²) in [6, 6.07) is 3.29. The molecule has 2 rings (SSSR count). The molecule has 0 saturated carbocycles. The van der Waals surface area contributed by atoms with Gasteiger partial charge in [0.05, 0.1) is 17.8 Å². The Bertz CT molecular complexity index is 571. The molecule has 1 heterocycles. The molecule has 1 aromatic rings. The smallest absolute Gasteiger partial charge is 0.253 e. The minimum atomic E-state index is -0.275. The molecule has 1 fully saturated rings. The fourth-order valence-corrected chi connectivity index (χ4v) is 2.75. The van der Waals surface area contributed by atoms with Gasteiger partial charge in [-0.15, -0.1) is 0 Å². The maximum atomic E-state index is 12.2. The third-order valence-electron chi connectivity index (χ3n) is 3.61. The van der Waals surface area contributed by atoms with Crippen LogP contribution in [0, 0.1) is 6.92 Å².